The number of ether oxygens (including phenoxy) is 2. The topological polar surface area (TPSA) is 89.9 Å². The average Bonchev–Trinajstić information content (AvgIpc) is 2.41. The van der Waals surface area contributed by atoms with E-state index in [1.165, 1.54) is 6.08 Å². The van der Waals surface area contributed by atoms with E-state index in [0.717, 1.165) is 19.3 Å². The van der Waals surface area contributed by atoms with E-state index >= 15 is 0 Å². The van der Waals surface area contributed by atoms with Crippen molar-refractivity contribution in [2.75, 3.05) is 13.2 Å². The number of hydrogen-bond acceptors (Lipinski definition) is 5. The molecule has 0 aromatic carbocycles. The molecule has 22 heavy (non-hydrogen) atoms. The zero-order valence-corrected chi connectivity index (χ0v) is 12.3. The van der Waals surface area contributed by atoms with Gasteiger partial charge in [-0.05, 0) is 32.6 Å². The summed E-state index contributed by atoms with van der Waals surface area (Å²) in [6, 6.07) is 0. The number of aliphatic carboxylic acids is 1. The first-order valence-corrected chi connectivity index (χ1v) is 6.83. The second-order valence-electron chi connectivity index (χ2n) is 4.39. The van der Waals surface area contributed by atoms with Crippen LogP contribution in [-0.4, -0.2) is 59.3 Å². The normalized spacial score (nSPS) is 9.86. The first-order valence-electron chi connectivity index (χ1n) is 6.83. The molecule has 0 heterocycles. The highest BCUT2D eigenvalue weighted by atomic mass is 24.3. The van der Waals surface area contributed by atoms with Crippen molar-refractivity contribution in [2.24, 2.45) is 0 Å². The maximum atomic E-state index is 11.3. The fraction of sp³-hybridized carbons (Fsp3) is 0.533. The quantitative estimate of drug-likeness (QED) is 0.267. The molecule has 0 spiro atoms. The first kappa shape index (κ1) is 22.9. The van der Waals surface area contributed by atoms with E-state index in [-0.39, 0.29) is 41.2 Å². The molecule has 122 valence electrons. The fourth-order valence-corrected chi connectivity index (χ4v) is 1.44. The van der Waals surface area contributed by atoms with Crippen LogP contribution in [0.25, 0.3) is 0 Å². The van der Waals surface area contributed by atoms with Crippen molar-refractivity contribution in [3.8, 4) is 0 Å². The first-order chi connectivity index (χ1) is 9.97. The van der Waals surface area contributed by atoms with Crippen molar-refractivity contribution in [1.29, 1.82) is 0 Å². The van der Waals surface area contributed by atoms with Crippen LogP contribution >= 0.6 is 0 Å². The van der Waals surface area contributed by atoms with Crippen molar-refractivity contribution in [3.05, 3.63) is 24.3 Å². The van der Waals surface area contributed by atoms with Crippen molar-refractivity contribution in [1.82, 2.24) is 0 Å². The zero-order valence-electron chi connectivity index (χ0n) is 12.3. The van der Waals surface area contributed by atoms with E-state index in [1.54, 1.807) is 13.0 Å². The highest BCUT2D eigenvalue weighted by Gasteiger charge is 2.11. The van der Waals surface area contributed by atoms with Gasteiger partial charge in [0.2, 0.25) is 0 Å². The summed E-state index contributed by atoms with van der Waals surface area (Å²) in [7, 11) is 0. The van der Waals surface area contributed by atoms with Crippen LogP contribution in [0.5, 0.6) is 0 Å². The number of allylic oxidation sites excluding steroid dienone is 1. The van der Waals surface area contributed by atoms with Gasteiger partial charge >= 0.3 is 41.0 Å². The van der Waals surface area contributed by atoms with E-state index in [0.29, 0.717) is 13.0 Å². The van der Waals surface area contributed by atoms with E-state index in [9.17, 15) is 14.4 Å². The molecule has 0 aromatic heterocycles. The van der Waals surface area contributed by atoms with Gasteiger partial charge < -0.3 is 14.6 Å². The van der Waals surface area contributed by atoms with Crippen LogP contribution in [0.2, 0.25) is 0 Å². The molecule has 0 atom stereocenters. The molecule has 1 N–H and O–H groups in total. The highest BCUT2D eigenvalue weighted by Crippen LogP contribution is 2.04. The Kier molecular flexibility index (Phi) is 15.2. The number of carbonyl (C=O) groups excluding carboxylic acids is 2. The Bertz CT molecular complexity index is 403. The lowest BCUT2D eigenvalue weighted by molar-refractivity contribution is -0.142. The predicted molar refractivity (Wildman–Crippen MR) is 85.1 cm³/mol. The van der Waals surface area contributed by atoms with Gasteiger partial charge in [0, 0.05) is 11.6 Å². The van der Waals surface area contributed by atoms with E-state index < -0.39 is 18.4 Å². The van der Waals surface area contributed by atoms with Crippen LogP contribution < -0.4 is 0 Å². The summed E-state index contributed by atoms with van der Waals surface area (Å²) >= 11 is 0. The minimum Gasteiger partial charge on any atom is -0.481 e. The summed E-state index contributed by atoms with van der Waals surface area (Å²) in [6.45, 7) is 5.71. The van der Waals surface area contributed by atoms with E-state index in [4.69, 9.17) is 14.6 Å². The Balaban J connectivity index is 0. The Morgan fingerprint density at radius 2 is 1.59 bits per heavy atom. The Morgan fingerprint density at radius 3 is 2.09 bits per heavy atom. The minimum absolute atomic E-state index is 0. The number of esters is 2. The van der Waals surface area contributed by atoms with Gasteiger partial charge in [-0.25, -0.2) is 9.59 Å². The van der Waals surface area contributed by atoms with Gasteiger partial charge in [-0.3, -0.25) is 4.79 Å². The van der Waals surface area contributed by atoms with Crippen LogP contribution in [0, 0.1) is 0 Å². The molecule has 0 unspecified atom stereocenters. The van der Waals surface area contributed by atoms with Crippen LogP contribution in [0.15, 0.2) is 24.3 Å². The third-order valence-electron chi connectivity index (χ3n) is 2.47. The molecule has 0 aromatic rings. The molecule has 0 fully saturated rings. The van der Waals surface area contributed by atoms with Gasteiger partial charge in [0.1, 0.15) is 0 Å². The molecule has 0 aliphatic carbocycles. The maximum Gasteiger partial charge on any atom is 0.333 e. The molecule has 0 aliphatic heterocycles. The van der Waals surface area contributed by atoms with Crippen molar-refractivity contribution < 1.29 is 29.0 Å². The van der Waals surface area contributed by atoms with Crippen molar-refractivity contribution in [3.63, 3.8) is 0 Å². The standard InChI is InChI=1S/C15H22O6.Mg.2H/c1-3-8-14(18)20-9-6-4-5-7-10-21-15(19)12(2)11-13(16)17;;;/h3,8H,2,4-7,9-11H2,1H3,(H,16,17);;;. The molecule has 0 amide bonds. The monoisotopic (exact) mass is 324 g/mol. The third-order valence-corrected chi connectivity index (χ3v) is 2.47. The summed E-state index contributed by atoms with van der Waals surface area (Å²) in [4.78, 5) is 32.6. The maximum absolute atomic E-state index is 11.3. The molecule has 0 rings (SSSR count). The Morgan fingerprint density at radius 1 is 1.05 bits per heavy atom. The van der Waals surface area contributed by atoms with Crippen LogP contribution in [0.1, 0.15) is 39.0 Å². The molecule has 7 heteroatoms. The van der Waals surface area contributed by atoms with Gasteiger partial charge in [-0.2, -0.15) is 0 Å². The number of carboxylic acid groups (broad SMARTS) is 1. The SMILES string of the molecule is C=C(CC(=O)O)C(=O)OCCCCCCOC(=O)C=CC.[MgH2]. The molecule has 0 radical (unpaired) electrons. The van der Waals surface area contributed by atoms with Crippen LogP contribution in [-0.2, 0) is 23.9 Å². The summed E-state index contributed by atoms with van der Waals surface area (Å²) in [6.07, 6.45) is 5.70. The van der Waals surface area contributed by atoms with Crippen LogP contribution in [0.4, 0.5) is 0 Å². The minimum atomic E-state index is -1.11. The lowest BCUT2D eigenvalue weighted by Crippen LogP contribution is -2.11. The molecule has 6 nitrogen and oxygen atoms in total. The smallest absolute Gasteiger partial charge is 0.333 e. The number of unbranched alkanes of at least 4 members (excludes halogenated alkanes) is 3. The highest BCUT2D eigenvalue weighted by molar-refractivity contribution is 5.92. The largest absolute Gasteiger partial charge is 0.481 e. The number of rotatable bonds is 11. The molecular weight excluding hydrogens is 300 g/mol. The summed E-state index contributed by atoms with van der Waals surface area (Å²) in [5, 5.41) is 8.49. The molecule has 0 aliphatic rings. The molecular formula is C15H24MgO6. The van der Waals surface area contributed by atoms with Gasteiger partial charge in [0.05, 0.1) is 19.6 Å². The second-order valence-corrected chi connectivity index (χ2v) is 4.39. The van der Waals surface area contributed by atoms with Gasteiger partial charge in [0.15, 0.2) is 0 Å². The predicted octanol–water partition coefficient (Wildman–Crippen LogP) is 1.32. The van der Waals surface area contributed by atoms with Gasteiger partial charge in [0.25, 0.3) is 0 Å². The lowest BCUT2D eigenvalue weighted by atomic mass is 10.2. The van der Waals surface area contributed by atoms with Crippen molar-refractivity contribution in [2.45, 2.75) is 39.0 Å². The van der Waals surface area contributed by atoms with Gasteiger partial charge in [-0.1, -0.05) is 12.7 Å². The average molecular weight is 325 g/mol. The van der Waals surface area contributed by atoms with Crippen LogP contribution in [0.3, 0.4) is 0 Å². The van der Waals surface area contributed by atoms with E-state index in [1.807, 2.05) is 0 Å². The molecule has 0 saturated heterocycles. The van der Waals surface area contributed by atoms with Gasteiger partial charge in [-0.15, -0.1) is 0 Å². The Labute approximate surface area is 146 Å². The third kappa shape index (κ3) is 13.6. The fourth-order valence-electron chi connectivity index (χ4n) is 1.44. The number of carboxylic acids is 1. The Hall–Kier alpha value is -1.34. The number of hydrogen-bond donors (Lipinski definition) is 1. The second kappa shape index (κ2) is 14.6. The lowest BCUT2D eigenvalue weighted by Gasteiger charge is -2.06. The number of carbonyl (C=O) groups is 3. The van der Waals surface area contributed by atoms with Crippen molar-refractivity contribution >= 4 is 41.0 Å². The molecule has 0 saturated carbocycles. The zero-order chi connectivity index (χ0) is 16.1. The summed E-state index contributed by atoms with van der Waals surface area (Å²) in [5.41, 5.74) is -0.0570. The van der Waals surface area contributed by atoms with E-state index in [2.05, 4.69) is 6.58 Å². The summed E-state index contributed by atoms with van der Waals surface area (Å²) in [5.74, 6) is -2.12. The molecule has 0 bridgehead atoms. The summed E-state index contributed by atoms with van der Waals surface area (Å²) < 4.78 is 9.80.